The van der Waals surface area contributed by atoms with Crippen LogP contribution in [0, 0.1) is 9.87 Å². The van der Waals surface area contributed by atoms with Crippen molar-refractivity contribution >= 4 is 41.7 Å². The third-order valence-electron chi connectivity index (χ3n) is 5.19. The van der Waals surface area contributed by atoms with Crippen molar-refractivity contribution in [2.45, 2.75) is 38.8 Å². The summed E-state index contributed by atoms with van der Waals surface area (Å²) in [6.07, 6.45) is 5.72. The number of allylic oxidation sites excluding steroid dienone is 1. The van der Waals surface area contributed by atoms with E-state index in [0.29, 0.717) is 40.8 Å². The Kier molecular flexibility index (Phi) is 8.25. The van der Waals surface area contributed by atoms with Crippen LogP contribution in [0.2, 0.25) is 0 Å². The van der Waals surface area contributed by atoms with Crippen molar-refractivity contribution in [2.75, 3.05) is 13.1 Å². The molecule has 0 unspecified atom stereocenters. The molecule has 1 saturated heterocycles. The van der Waals surface area contributed by atoms with Gasteiger partial charge < -0.3 is 19.8 Å². The van der Waals surface area contributed by atoms with Gasteiger partial charge in [0, 0.05) is 26.1 Å². The van der Waals surface area contributed by atoms with Crippen molar-refractivity contribution in [3.8, 4) is 5.88 Å². The first-order chi connectivity index (χ1) is 14.9. The molecule has 2 heterocycles. The van der Waals surface area contributed by atoms with Gasteiger partial charge in [-0.2, -0.15) is 0 Å². The first kappa shape index (κ1) is 23.0. The maximum atomic E-state index is 12.3. The molecule has 1 amide bonds. The second-order valence-electron chi connectivity index (χ2n) is 7.43. The normalized spacial score (nSPS) is 14.8. The molecule has 0 atom stereocenters. The number of hydrogen-bond acceptors (Lipinski definition) is 6. The highest BCUT2D eigenvalue weighted by atomic mass is 32.1. The number of carboxylic acids is 1. The minimum atomic E-state index is -0.864. The molecule has 3 rings (SSSR count). The minimum absolute atomic E-state index is 0.0363. The number of aromatic hydroxyl groups is 1. The number of amides is 1. The third-order valence-corrected chi connectivity index (χ3v) is 6.59. The topological polar surface area (TPSA) is 92.0 Å². The highest BCUT2D eigenvalue weighted by molar-refractivity contribution is 7.73. The molecule has 9 heteroatoms. The highest BCUT2D eigenvalue weighted by Gasteiger charge is 2.22. The molecule has 7 nitrogen and oxygen atoms in total. The van der Waals surface area contributed by atoms with Crippen LogP contribution in [0.4, 0.5) is 4.79 Å². The molecular weight excluding hydrogens is 436 g/mol. The van der Waals surface area contributed by atoms with Crippen LogP contribution in [0.15, 0.2) is 36.4 Å². The van der Waals surface area contributed by atoms with E-state index in [0.717, 1.165) is 18.4 Å². The number of piperidine rings is 1. The smallest absolute Gasteiger partial charge is 0.410 e. The van der Waals surface area contributed by atoms with Gasteiger partial charge in [-0.15, -0.1) is 11.3 Å². The molecule has 2 N–H and O–H groups in total. The van der Waals surface area contributed by atoms with Crippen LogP contribution in [-0.4, -0.2) is 44.8 Å². The summed E-state index contributed by atoms with van der Waals surface area (Å²) in [4.78, 5) is 25.3. The van der Waals surface area contributed by atoms with Crippen molar-refractivity contribution in [1.82, 2.24) is 9.47 Å². The number of carboxylic acid groups (broad SMARTS) is 1. The van der Waals surface area contributed by atoms with Gasteiger partial charge in [0.2, 0.25) is 5.88 Å². The van der Waals surface area contributed by atoms with E-state index in [2.05, 4.69) is 6.08 Å². The number of carbonyl (C=O) groups excluding carboxylic acids is 1. The zero-order chi connectivity index (χ0) is 22.2. The molecule has 0 saturated carbocycles. The number of thiazole rings is 1. The molecule has 1 aliphatic heterocycles. The molecule has 0 aliphatic carbocycles. The second kappa shape index (κ2) is 11.1. The van der Waals surface area contributed by atoms with E-state index in [1.165, 1.54) is 11.3 Å². The summed E-state index contributed by atoms with van der Waals surface area (Å²) < 4.78 is 7.50. The maximum Gasteiger partial charge on any atom is 0.410 e. The molecule has 1 aromatic heterocycles. The Hall–Kier alpha value is -2.65. The van der Waals surface area contributed by atoms with Crippen LogP contribution in [0.1, 0.15) is 36.1 Å². The van der Waals surface area contributed by atoms with Crippen LogP contribution in [0.5, 0.6) is 5.88 Å². The van der Waals surface area contributed by atoms with Gasteiger partial charge >= 0.3 is 12.1 Å². The van der Waals surface area contributed by atoms with Gasteiger partial charge in [0.15, 0.2) is 3.95 Å². The van der Waals surface area contributed by atoms with E-state index >= 15 is 0 Å². The molecule has 166 valence electrons. The summed E-state index contributed by atoms with van der Waals surface area (Å²) >= 11 is 6.60. The lowest BCUT2D eigenvalue weighted by Gasteiger charge is -2.29. The molecule has 0 radical (unpaired) electrons. The van der Waals surface area contributed by atoms with E-state index in [9.17, 15) is 14.7 Å². The van der Waals surface area contributed by atoms with Crippen LogP contribution < -0.4 is 0 Å². The number of hydrogen-bond donors (Lipinski definition) is 2. The number of aliphatic carboxylic acids is 1. The first-order valence-electron chi connectivity index (χ1n) is 10.2. The Labute approximate surface area is 190 Å². The van der Waals surface area contributed by atoms with Gasteiger partial charge in [-0.05, 0) is 49.0 Å². The number of carbonyl (C=O) groups is 2. The van der Waals surface area contributed by atoms with Crippen molar-refractivity contribution in [1.29, 1.82) is 0 Å². The quantitative estimate of drug-likeness (QED) is 0.542. The number of likely N-dealkylation sites (tertiary alicyclic amines) is 1. The van der Waals surface area contributed by atoms with Crippen LogP contribution in [-0.2, 0) is 22.7 Å². The van der Waals surface area contributed by atoms with Crippen molar-refractivity contribution in [2.24, 2.45) is 5.92 Å². The third kappa shape index (κ3) is 6.67. The molecule has 2 aromatic rings. The average Bonchev–Trinajstić information content (AvgIpc) is 3.04. The molecule has 1 aromatic carbocycles. The van der Waals surface area contributed by atoms with Crippen LogP contribution in [0.25, 0.3) is 6.08 Å². The fourth-order valence-corrected chi connectivity index (χ4v) is 4.69. The molecule has 31 heavy (non-hydrogen) atoms. The molecule has 0 spiro atoms. The monoisotopic (exact) mass is 462 g/mol. The predicted octanol–water partition coefficient (Wildman–Crippen LogP) is 4.91. The SMILES string of the molecule is O=C(O)CCCn1c(O)c(C=CC2CCN(C(=O)OCc3ccccc3)CC2)sc1=S. The summed E-state index contributed by atoms with van der Waals surface area (Å²) in [5.74, 6) is -0.482. The van der Waals surface area contributed by atoms with Gasteiger partial charge in [-0.25, -0.2) is 4.79 Å². The first-order valence-corrected chi connectivity index (χ1v) is 11.4. The standard InChI is InChI=1S/C22H26N2O5S2/c25-19(26)7-4-12-24-20(27)18(31-22(24)30)9-8-16-10-13-23(14-11-16)21(28)29-15-17-5-2-1-3-6-17/h1-3,5-6,8-9,16,27H,4,7,10-15H2,(H,25,26). The van der Waals surface area contributed by atoms with Gasteiger partial charge in [0.05, 0.1) is 4.88 Å². The Morgan fingerprint density at radius 3 is 2.61 bits per heavy atom. The lowest BCUT2D eigenvalue weighted by atomic mass is 9.96. The molecule has 1 aliphatic rings. The van der Waals surface area contributed by atoms with E-state index in [-0.39, 0.29) is 25.0 Å². The Morgan fingerprint density at radius 1 is 1.23 bits per heavy atom. The lowest BCUT2D eigenvalue weighted by molar-refractivity contribution is -0.137. The average molecular weight is 463 g/mol. The molecule has 0 bridgehead atoms. The number of nitrogens with zero attached hydrogens (tertiary/aromatic N) is 2. The summed E-state index contributed by atoms with van der Waals surface area (Å²) in [5, 5.41) is 19.2. The predicted molar refractivity (Wildman–Crippen MR) is 122 cm³/mol. The van der Waals surface area contributed by atoms with E-state index in [4.69, 9.17) is 22.1 Å². The Morgan fingerprint density at radius 2 is 1.94 bits per heavy atom. The summed E-state index contributed by atoms with van der Waals surface area (Å²) in [6.45, 7) is 1.90. The van der Waals surface area contributed by atoms with Gasteiger partial charge in [0.25, 0.3) is 0 Å². The van der Waals surface area contributed by atoms with E-state index < -0.39 is 5.97 Å². The fourth-order valence-electron chi connectivity index (χ4n) is 3.42. The minimum Gasteiger partial charge on any atom is -0.493 e. The summed E-state index contributed by atoms with van der Waals surface area (Å²) in [6, 6.07) is 9.61. The number of ether oxygens (including phenoxy) is 1. The van der Waals surface area contributed by atoms with Gasteiger partial charge in [-0.3, -0.25) is 9.36 Å². The lowest BCUT2D eigenvalue weighted by Crippen LogP contribution is -2.38. The van der Waals surface area contributed by atoms with Crippen molar-refractivity contribution in [3.63, 3.8) is 0 Å². The van der Waals surface area contributed by atoms with E-state index in [1.807, 2.05) is 36.4 Å². The second-order valence-corrected chi connectivity index (χ2v) is 9.10. The fraction of sp³-hybridized carbons (Fsp3) is 0.409. The summed E-state index contributed by atoms with van der Waals surface area (Å²) in [7, 11) is 0. The highest BCUT2D eigenvalue weighted by Crippen LogP contribution is 2.29. The maximum absolute atomic E-state index is 12.3. The Balaban J connectivity index is 1.47. The number of rotatable bonds is 8. The van der Waals surface area contributed by atoms with Gasteiger partial charge in [0.1, 0.15) is 6.61 Å². The molecule has 1 fully saturated rings. The van der Waals surface area contributed by atoms with E-state index in [1.54, 1.807) is 9.47 Å². The van der Waals surface area contributed by atoms with Crippen LogP contribution >= 0.6 is 23.6 Å². The Bertz CT molecular complexity index is 976. The van der Waals surface area contributed by atoms with Crippen molar-refractivity contribution < 1.29 is 24.5 Å². The zero-order valence-corrected chi connectivity index (χ0v) is 18.7. The van der Waals surface area contributed by atoms with Crippen molar-refractivity contribution in [3.05, 3.63) is 50.8 Å². The summed E-state index contributed by atoms with van der Waals surface area (Å²) in [5.41, 5.74) is 0.964. The zero-order valence-electron chi connectivity index (χ0n) is 17.1. The largest absolute Gasteiger partial charge is 0.493 e. The van der Waals surface area contributed by atoms with Crippen LogP contribution in [0.3, 0.4) is 0 Å². The number of aromatic nitrogens is 1. The molecular formula is C22H26N2O5S2. The van der Waals surface area contributed by atoms with Gasteiger partial charge in [-0.1, -0.05) is 36.4 Å². The number of benzene rings is 1.